The summed E-state index contributed by atoms with van der Waals surface area (Å²) in [7, 11) is -3.28. The Morgan fingerprint density at radius 2 is 1.93 bits per heavy atom. The van der Waals surface area contributed by atoms with Crippen LogP contribution >= 0.6 is 0 Å². The van der Waals surface area contributed by atoms with Crippen molar-refractivity contribution in [1.29, 1.82) is 0 Å². The van der Waals surface area contributed by atoms with E-state index in [1.54, 1.807) is 42.3 Å². The number of ether oxygens (including phenoxy) is 1. The first kappa shape index (κ1) is 20.9. The zero-order valence-corrected chi connectivity index (χ0v) is 17.2. The summed E-state index contributed by atoms with van der Waals surface area (Å²) in [5.74, 6) is 0.230. The molecule has 1 atom stereocenters. The third kappa shape index (κ3) is 5.83. The summed E-state index contributed by atoms with van der Waals surface area (Å²) >= 11 is 0. The average molecular weight is 417 g/mol. The van der Waals surface area contributed by atoms with Gasteiger partial charge in [0.15, 0.2) is 9.84 Å². The van der Waals surface area contributed by atoms with Crippen LogP contribution in [0.2, 0.25) is 0 Å². The molecule has 1 fully saturated rings. The lowest BCUT2D eigenvalue weighted by Gasteiger charge is -2.32. The summed E-state index contributed by atoms with van der Waals surface area (Å²) in [5.41, 5.74) is 0. The molecule has 9 heteroatoms. The molecular formula is C20H24N4O4S. The van der Waals surface area contributed by atoms with Crippen molar-refractivity contribution in [2.45, 2.75) is 44.7 Å². The van der Waals surface area contributed by atoms with E-state index >= 15 is 0 Å². The van der Waals surface area contributed by atoms with E-state index < -0.39 is 15.9 Å². The lowest BCUT2D eigenvalue weighted by molar-refractivity contribution is 0.0624. The molecule has 0 saturated heterocycles. The Morgan fingerprint density at radius 1 is 1.17 bits per heavy atom. The quantitative estimate of drug-likeness (QED) is 0.683. The van der Waals surface area contributed by atoms with Crippen molar-refractivity contribution >= 4 is 15.7 Å². The van der Waals surface area contributed by atoms with Crippen molar-refractivity contribution in [1.82, 2.24) is 19.9 Å². The van der Waals surface area contributed by atoms with Crippen LogP contribution in [0.15, 0.2) is 48.1 Å². The van der Waals surface area contributed by atoms with Gasteiger partial charge in [-0.25, -0.2) is 18.4 Å². The van der Waals surface area contributed by atoms with Crippen molar-refractivity contribution in [2.24, 2.45) is 0 Å². The van der Waals surface area contributed by atoms with Crippen molar-refractivity contribution in [2.75, 3.05) is 6.26 Å². The smallest absolute Gasteiger partial charge is 0.292 e. The van der Waals surface area contributed by atoms with E-state index in [4.69, 9.17) is 4.74 Å². The summed E-state index contributed by atoms with van der Waals surface area (Å²) < 4.78 is 28.6. The molecule has 2 aromatic heterocycles. The molecule has 3 rings (SSSR count). The van der Waals surface area contributed by atoms with E-state index in [0.29, 0.717) is 5.88 Å². The maximum Gasteiger partial charge on any atom is 0.292 e. The minimum absolute atomic E-state index is 0.00457. The predicted molar refractivity (Wildman–Crippen MR) is 108 cm³/mol. The maximum atomic E-state index is 13.2. The fraction of sp³-hybridized carbons (Fsp3) is 0.400. The first-order valence-electron chi connectivity index (χ1n) is 9.46. The van der Waals surface area contributed by atoms with Crippen molar-refractivity contribution in [3.63, 3.8) is 0 Å². The van der Waals surface area contributed by atoms with Gasteiger partial charge in [0.2, 0.25) is 17.6 Å². The normalized spacial score (nSPS) is 16.1. The largest absolute Gasteiger partial charge is 0.421 e. The minimum Gasteiger partial charge on any atom is -0.421 e. The highest BCUT2D eigenvalue weighted by atomic mass is 32.2. The second kappa shape index (κ2) is 9.13. The molecule has 154 valence electrons. The second-order valence-corrected chi connectivity index (χ2v) is 8.97. The molecule has 2 heterocycles. The van der Waals surface area contributed by atoms with E-state index in [0.717, 1.165) is 37.3 Å². The second-order valence-electron chi connectivity index (χ2n) is 7.04. The zero-order valence-electron chi connectivity index (χ0n) is 16.4. The molecule has 1 aliphatic rings. The number of pyridine rings is 1. The standard InChI is InChI=1S/C20H24N4O4S/c1-15(11-14-29(2,26)27)24(16-7-3-4-8-16)20(25)19-22-13-10-18(23-19)28-17-9-5-6-12-21-17/h5-6,9-16H,3-4,7-8H2,1-2H3/b14-11+/t15-/m0/s1. The highest BCUT2D eigenvalue weighted by molar-refractivity contribution is 7.93. The summed E-state index contributed by atoms with van der Waals surface area (Å²) in [6.07, 6.45) is 9.50. The van der Waals surface area contributed by atoms with Crippen molar-refractivity contribution in [3.8, 4) is 11.8 Å². The SMILES string of the molecule is C[C@@H](/C=C/S(C)(=O)=O)N(C(=O)c1nccc(Oc2ccccn2)n1)C1CCCC1. The van der Waals surface area contributed by atoms with Crippen LogP contribution in [0.4, 0.5) is 0 Å². The summed E-state index contributed by atoms with van der Waals surface area (Å²) in [6, 6.07) is 6.40. The van der Waals surface area contributed by atoms with Gasteiger partial charge in [0.25, 0.3) is 5.91 Å². The molecule has 0 aromatic carbocycles. The molecule has 2 aromatic rings. The molecular weight excluding hydrogens is 392 g/mol. The molecule has 1 aliphatic carbocycles. The first-order chi connectivity index (χ1) is 13.8. The summed E-state index contributed by atoms with van der Waals surface area (Å²) in [6.45, 7) is 1.80. The Bertz CT molecular complexity index is 973. The zero-order chi connectivity index (χ0) is 20.9. The number of sulfone groups is 1. The van der Waals surface area contributed by atoms with Gasteiger partial charge in [0.1, 0.15) is 0 Å². The summed E-state index contributed by atoms with van der Waals surface area (Å²) in [5, 5.41) is 1.13. The Kier molecular flexibility index (Phi) is 6.58. The third-order valence-corrected chi connectivity index (χ3v) is 5.32. The van der Waals surface area contributed by atoms with E-state index in [1.807, 2.05) is 0 Å². The van der Waals surface area contributed by atoms with Crippen LogP contribution in [0, 0.1) is 0 Å². The highest BCUT2D eigenvalue weighted by Crippen LogP contribution is 2.27. The molecule has 0 bridgehead atoms. The van der Waals surface area contributed by atoms with Crippen LogP contribution in [0.25, 0.3) is 0 Å². The van der Waals surface area contributed by atoms with Gasteiger partial charge >= 0.3 is 0 Å². The van der Waals surface area contributed by atoms with Crippen LogP contribution in [0.1, 0.15) is 43.2 Å². The van der Waals surface area contributed by atoms with Crippen molar-refractivity contribution < 1.29 is 17.9 Å². The van der Waals surface area contributed by atoms with Crippen LogP contribution < -0.4 is 4.74 Å². The third-order valence-electron chi connectivity index (χ3n) is 4.66. The number of hydrogen-bond acceptors (Lipinski definition) is 7. The van der Waals surface area contributed by atoms with E-state index in [-0.39, 0.29) is 23.7 Å². The van der Waals surface area contributed by atoms with Gasteiger partial charge in [-0.1, -0.05) is 25.0 Å². The number of amides is 1. The average Bonchev–Trinajstić information content (AvgIpc) is 3.21. The maximum absolute atomic E-state index is 13.2. The molecule has 0 radical (unpaired) electrons. The molecule has 0 spiro atoms. The van der Waals surface area contributed by atoms with Gasteiger partial charge in [-0.05, 0) is 25.8 Å². The summed E-state index contributed by atoms with van der Waals surface area (Å²) in [4.78, 5) is 27.4. The van der Waals surface area contributed by atoms with Gasteiger partial charge in [-0.3, -0.25) is 4.79 Å². The Labute approximate surface area is 170 Å². The topological polar surface area (TPSA) is 102 Å². The van der Waals surface area contributed by atoms with Crippen LogP contribution in [0.3, 0.4) is 0 Å². The predicted octanol–water partition coefficient (Wildman–Crippen LogP) is 3.00. The van der Waals surface area contributed by atoms with Gasteiger partial charge in [0, 0.05) is 48.3 Å². The number of carbonyl (C=O) groups excluding carboxylic acids is 1. The Balaban J connectivity index is 1.85. The fourth-order valence-corrected chi connectivity index (χ4v) is 3.86. The van der Waals surface area contributed by atoms with Crippen molar-refractivity contribution in [3.05, 3.63) is 54.0 Å². The fourth-order valence-electron chi connectivity index (χ4n) is 3.35. The van der Waals surface area contributed by atoms with Gasteiger partial charge < -0.3 is 9.64 Å². The van der Waals surface area contributed by atoms with E-state index in [2.05, 4.69) is 15.0 Å². The van der Waals surface area contributed by atoms with Gasteiger partial charge in [-0.15, -0.1) is 0 Å². The van der Waals surface area contributed by atoms with E-state index in [1.165, 1.54) is 12.3 Å². The van der Waals surface area contributed by atoms with Gasteiger partial charge in [-0.2, -0.15) is 4.98 Å². The van der Waals surface area contributed by atoms with Gasteiger partial charge in [0.05, 0.1) is 0 Å². The number of rotatable bonds is 7. The Hall–Kier alpha value is -2.81. The van der Waals surface area contributed by atoms with Crippen LogP contribution in [-0.2, 0) is 9.84 Å². The number of nitrogens with zero attached hydrogens (tertiary/aromatic N) is 4. The van der Waals surface area contributed by atoms with Crippen LogP contribution in [-0.4, -0.2) is 52.5 Å². The first-order valence-corrected chi connectivity index (χ1v) is 11.4. The molecule has 0 aliphatic heterocycles. The number of hydrogen-bond donors (Lipinski definition) is 0. The highest BCUT2D eigenvalue weighted by Gasteiger charge is 2.32. The lowest BCUT2D eigenvalue weighted by Crippen LogP contribution is -2.44. The molecule has 29 heavy (non-hydrogen) atoms. The minimum atomic E-state index is -3.28. The number of carbonyl (C=O) groups is 1. The number of aromatic nitrogens is 3. The Morgan fingerprint density at radius 3 is 2.59 bits per heavy atom. The molecule has 0 unspecified atom stereocenters. The monoisotopic (exact) mass is 416 g/mol. The van der Waals surface area contributed by atoms with Crippen LogP contribution in [0.5, 0.6) is 11.8 Å². The lowest BCUT2D eigenvalue weighted by atomic mass is 10.1. The van der Waals surface area contributed by atoms with E-state index in [9.17, 15) is 13.2 Å². The molecule has 8 nitrogen and oxygen atoms in total. The molecule has 0 N–H and O–H groups in total. The molecule has 1 saturated carbocycles. The molecule has 1 amide bonds.